The van der Waals surface area contributed by atoms with Gasteiger partial charge in [-0.2, -0.15) is 0 Å². The van der Waals surface area contributed by atoms with Gasteiger partial charge in [0.05, 0.1) is 11.5 Å². The molecular weight excluding hydrogens is 462 g/mol. The number of benzene rings is 1. The van der Waals surface area contributed by atoms with Gasteiger partial charge in [0, 0.05) is 36.7 Å². The second-order valence-corrected chi connectivity index (χ2v) is 11.7. The fourth-order valence-corrected chi connectivity index (χ4v) is 5.69. The summed E-state index contributed by atoms with van der Waals surface area (Å²) in [7, 11) is 0. The molecule has 0 aromatic heterocycles. The van der Waals surface area contributed by atoms with E-state index in [1.54, 1.807) is 0 Å². The van der Waals surface area contributed by atoms with Crippen LogP contribution in [0.3, 0.4) is 0 Å². The van der Waals surface area contributed by atoms with Gasteiger partial charge in [-0.15, -0.1) is 0 Å². The van der Waals surface area contributed by atoms with Crippen LogP contribution < -0.4 is 21.8 Å². The van der Waals surface area contributed by atoms with Crippen molar-refractivity contribution in [2.75, 3.05) is 26.2 Å². The van der Waals surface area contributed by atoms with Crippen LogP contribution in [0.5, 0.6) is 0 Å². The number of halogens is 1. The van der Waals surface area contributed by atoms with E-state index in [1.807, 2.05) is 50.0 Å². The first-order chi connectivity index (χ1) is 16.6. The largest absolute Gasteiger partial charge is 0.351 e. The van der Waals surface area contributed by atoms with Crippen LogP contribution in [0.25, 0.3) is 0 Å². The van der Waals surface area contributed by atoms with Gasteiger partial charge in [-0.25, -0.2) is 5.01 Å². The van der Waals surface area contributed by atoms with E-state index in [0.717, 1.165) is 31.2 Å². The lowest BCUT2D eigenvalue weighted by atomic mass is 9.63. The van der Waals surface area contributed by atoms with E-state index >= 15 is 0 Å². The Morgan fingerprint density at radius 1 is 1.11 bits per heavy atom. The van der Waals surface area contributed by atoms with Crippen molar-refractivity contribution in [1.82, 2.24) is 21.1 Å². The summed E-state index contributed by atoms with van der Waals surface area (Å²) in [4.78, 5) is 26.8. The Hall–Kier alpha value is -1.67. The zero-order valence-corrected chi connectivity index (χ0v) is 22.4. The van der Waals surface area contributed by atoms with E-state index in [2.05, 4.69) is 16.1 Å². The maximum absolute atomic E-state index is 13.6. The van der Waals surface area contributed by atoms with Crippen molar-refractivity contribution in [3.8, 4) is 0 Å². The van der Waals surface area contributed by atoms with Crippen molar-refractivity contribution in [2.24, 2.45) is 17.1 Å². The smallest absolute Gasteiger partial charge is 0.251 e. The minimum absolute atomic E-state index is 0.0716. The maximum atomic E-state index is 13.6. The summed E-state index contributed by atoms with van der Waals surface area (Å²) in [5, 5.41) is 9.22. The predicted octanol–water partition coefficient (Wildman–Crippen LogP) is 3.41. The van der Waals surface area contributed by atoms with Crippen LogP contribution in [0, 0.1) is 11.3 Å². The molecule has 0 radical (unpaired) electrons. The van der Waals surface area contributed by atoms with Gasteiger partial charge in [0.1, 0.15) is 0 Å². The maximum Gasteiger partial charge on any atom is 0.251 e. The fourth-order valence-electron chi connectivity index (χ4n) is 5.56. The average Bonchev–Trinajstić information content (AvgIpc) is 2.83. The van der Waals surface area contributed by atoms with Crippen LogP contribution in [0.15, 0.2) is 24.3 Å². The Morgan fingerprint density at radius 3 is 2.31 bits per heavy atom. The molecule has 8 heteroatoms. The van der Waals surface area contributed by atoms with E-state index < -0.39 is 6.04 Å². The molecule has 2 amide bonds. The Kier molecular flexibility index (Phi) is 9.99. The van der Waals surface area contributed by atoms with Crippen LogP contribution in [0.1, 0.15) is 71.3 Å². The van der Waals surface area contributed by atoms with Gasteiger partial charge in [-0.05, 0) is 76.5 Å². The number of nitrogens with one attached hydrogen (secondary N) is 3. The molecule has 35 heavy (non-hydrogen) atoms. The monoisotopic (exact) mass is 505 g/mol. The first-order valence-electron chi connectivity index (χ1n) is 13.2. The molecular formula is C27H44ClN5O2. The first kappa shape index (κ1) is 27.9. The molecule has 3 rings (SSSR count). The van der Waals surface area contributed by atoms with Gasteiger partial charge in [-0.1, -0.05) is 43.0 Å². The summed E-state index contributed by atoms with van der Waals surface area (Å²) >= 11 is 6.01. The lowest BCUT2D eigenvalue weighted by Crippen LogP contribution is -2.60. The van der Waals surface area contributed by atoms with E-state index in [-0.39, 0.29) is 22.8 Å². The van der Waals surface area contributed by atoms with E-state index in [0.29, 0.717) is 43.5 Å². The molecule has 1 aromatic rings. The van der Waals surface area contributed by atoms with E-state index in [9.17, 15) is 9.59 Å². The van der Waals surface area contributed by atoms with Crippen molar-refractivity contribution >= 4 is 23.4 Å². The second kappa shape index (κ2) is 12.5. The third kappa shape index (κ3) is 7.91. The van der Waals surface area contributed by atoms with Crippen LogP contribution >= 0.6 is 11.6 Å². The Labute approximate surface area is 215 Å². The van der Waals surface area contributed by atoms with Gasteiger partial charge < -0.3 is 16.4 Å². The molecule has 1 aliphatic heterocycles. The van der Waals surface area contributed by atoms with Crippen molar-refractivity contribution in [3.05, 3.63) is 34.9 Å². The number of hydrazine groups is 1. The molecule has 7 nitrogen and oxygen atoms in total. The zero-order chi connectivity index (χ0) is 25.5. The molecule has 5 N–H and O–H groups in total. The Balaban J connectivity index is 1.65. The molecule has 2 fully saturated rings. The molecule has 0 unspecified atom stereocenters. The van der Waals surface area contributed by atoms with Gasteiger partial charge >= 0.3 is 0 Å². The second-order valence-electron chi connectivity index (χ2n) is 11.3. The van der Waals surface area contributed by atoms with Gasteiger partial charge in [0.15, 0.2) is 0 Å². The van der Waals surface area contributed by atoms with Gasteiger partial charge in [0.2, 0.25) is 5.91 Å². The highest BCUT2D eigenvalue weighted by Crippen LogP contribution is 2.46. The Bertz CT molecular complexity index is 825. The van der Waals surface area contributed by atoms with Crippen LogP contribution in [0.4, 0.5) is 0 Å². The van der Waals surface area contributed by atoms with Gasteiger partial charge in [0.25, 0.3) is 5.91 Å². The van der Waals surface area contributed by atoms with Gasteiger partial charge in [-0.3, -0.25) is 15.0 Å². The molecule has 1 aromatic carbocycles. The molecule has 0 spiro atoms. The number of amides is 2. The van der Waals surface area contributed by atoms with Crippen LogP contribution in [0.2, 0.25) is 5.02 Å². The third-order valence-corrected chi connectivity index (χ3v) is 7.71. The molecule has 1 heterocycles. The first-order valence-corrected chi connectivity index (χ1v) is 13.6. The summed E-state index contributed by atoms with van der Waals surface area (Å²) in [6, 6.07) is 7.17. The summed E-state index contributed by atoms with van der Waals surface area (Å²) in [5.74, 6) is 0.533. The highest BCUT2D eigenvalue weighted by Gasteiger charge is 2.48. The molecule has 1 saturated heterocycles. The molecule has 1 aliphatic carbocycles. The van der Waals surface area contributed by atoms with E-state index in [4.69, 9.17) is 17.3 Å². The SMILES string of the molecule is CC(C)(C)NC(=O)C1(C2CCCCC2)CCN(NC(=O)[C@@H](Cc2ccc(Cl)cc2)NCCN)CC1. The van der Waals surface area contributed by atoms with Crippen LogP contribution in [-0.4, -0.2) is 54.6 Å². The highest BCUT2D eigenvalue weighted by molar-refractivity contribution is 6.30. The number of carbonyl (C=O) groups is 2. The Morgan fingerprint density at radius 2 is 1.74 bits per heavy atom. The number of rotatable bonds is 9. The zero-order valence-electron chi connectivity index (χ0n) is 21.7. The molecule has 0 bridgehead atoms. The predicted molar refractivity (Wildman–Crippen MR) is 142 cm³/mol. The number of nitrogens with zero attached hydrogens (tertiary/aromatic N) is 1. The molecule has 196 valence electrons. The fraction of sp³-hybridized carbons (Fsp3) is 0.704. The van der Waals surface area contributed by atoms with Crippen molar-refractivity contribution < 1.29 is 9.59 Å². The number of carbonyl (C=O) groups excluding carboxylic acids is 2. The minimum atomic E-state index is -0.394. The molecule has 2 aliphatic rings. The highest BCUT2D eigenvalue weighted by atomic mass is 35.5. The lowest BCUT2D eigenvalue weighted by Gasteiger charge is -2.47. The van der Waals surface area contributed by atoms with Crippen molar-refractivity contribution in [3.63, 3.8) is 0 Å². The number of nitrogens with two attached hydrogens (primary N) is 1. The van der Waals surface area contributed by atoms with Crippen LogP contribution in [-0.2, 0) is 16.0 Å². The topological polar surface area (TPSA) is 99.5 Å². The number of hydrogen-bond donors (Lipinski definition) is 4. The summed E-state index contributed by atoms with van der Waals surface area (Å²) in [6.07, 6.45) is 7.99. The summed E-state index contributed by atoms with van der Waals surface area (Å²) in [6.45, 7) is 8.50. The normalized spacial score (nSPS) is 20.3. The van der Waals surface area contributed by atoms with Crippen molar-refractivity contribution in [2.45, 2.75) is 83.7 Å². The number of hydrogen-bond acceptors (Lipinski definition) is 5. The average molecular weight is 506 g/mol. The van der Waals surface area contributed by atoms with Crippen molar-refractivity contribution in [1.29, 1.82) is 0 Å². The number of piperidine rings is 1. The molecule has 1 atom stereocenters. The minimum Gasteiger partial charge on any atom is -0.351 e. The third-order valence-electron chi connectivity index (χ3n) is 7.46. The summed E-state index contributed by atoms with van der Waals surface area (Å²) in [5.41, 5.74) is 9.23. The lowest BCUT2D eigenvalue weighted by molar-refractivity contribution is -0.143. The summed E-state index contributed by atoms with van der Waals surface area (Å²) < 4.78 is 0. The van der Waals surface area contributed by atoms with E-state index in [1.165, 1.54) is 19.3 Å². The standard InChI is InChI=1S/C27H44ClN5O2/c1-26(2,3)31-25(35)27(21-7-5-4-6-8-21)13-17-33(18-14-27)32-24(34)23(30-16-15-29)19-20-9-11-22(28)12-10-20/h9-12,21,23,30H,4-8,13-19,29H2,1-3H3,(H,31,35)(H,32,34)/t23-/m1/s1. The quantitative estimate of drug-likeness (QED) is 0.412. The molecule has 1 saturated carbocycles.